The molecule has 0 amide bonds. The van der Waals surface area contributed by atoms with Crippen LogP contribution in [-0.4, -0.2) is 5.78 Å². The summed E-state index contributed by atoms with van der Waals surface area (Å²) in [6.07, 6.45) is 3.94. The monoisotopic (exact) mass is 518 g/mol. The molecule has 0 bridgehead atoms. The standard InChI is InChI=1S/C34H46O4/c1-19(21-15-23(31(3,4)5)37-24(16-21)32(6,7)8)27-29(35)28(30(27)36)20(2)22-17-25(33(9,10)11)38-26(18-22)34(12,13)14/h15-18H,1-14H3. The van der Waals surface area contributed by atoms with E-state index in [-0.39, 0.29) is 44.3 Å². The lowest BCUT2D eigenvalue weighted by atomic mass is 9.77. The first-order chi connectivity index (χ1) is 17.0. The van der Waals surface area contributed by atoms with E-state index in [0.717, 1.165) is 34.2 Å². The van der Waals surface area contributed by atoms with Crippen LogP contribution in [0.25, 0.3) is 5.57 Å². The van der Waals surface area contributed by atoms with Crippen molar-refractivity contribution >= 4 is 11.4 Å². The van der Waals surface area contributed by atoms with Crippen molar-refractivity contribution in [2.45, 2.75) is 108 Å². The smallest absolute Gasteiger partial charge is 0.335 e. The summed E-state index contributed by atoms with van der Waals surface area (Å²) in [7, 11) is 0. The Kier molecular flexibility index (Phi) is 7.34. The molecular weight excluding hydrogens is 472 g/mol. The van der Waals surface area contributed by atoms with Crippen molar-refractivity contribution in [1.82, 2.24) is 0 Å². The normalized spacial score (nSPS) is 18.6. The minimum atomic E-state index is -0.218. The fraction of sp³-hybridized carbons (Fsp3) is 0.529. The highest BCUT2D eigenvalue weighted by Gasteiger charge is 2.37. The highest BCUT2D eigenvalue weighted by molar-refractivity contribution is 6.25. The maximum atomic E-state index is 13.5. The molecule has 0 aromatic carbocycles. The number of ether oxygens (including phenoxy) is 1. The molecule has 4 nitrogen and oxygen atoms in total. The van der Waals surface area contributed by atoms with Gasteiger partial charge >= 0.3 is 11.5 Å². The molecule has 3 rings (SSSR count). The largest absolute Gasteiger partial charge is 0.871 e. The highest BCUT2D eigenvalue weighted by atomic mass is 16.5. The Morgan fingerprint density at radius 2 is 1.13 bits per heavy atom. The molecule has 38 heavy (non-hydrogen) atoms. The number of rotatable bonds is 2. The third-order valence-corrected chi connectivity index (χ3v) is 7.07. The van der Waals surface area contributed by atoms with E-state index >= 15 is 0 Å². The fourth-order valence-corrected chi connectivity index (χ4v) is 4.28. The van der Waals surface area contributed by atoms with Gasteiger partial charge in [-0.15, -0.1) is 0 Å². The Bertz CT molecular complexity index is 1260. The molecule has 0 fully saturated rings. The van der Waals surface area contributed by atoms with Gasteiger partial charge in [-0.25, -0.2) is 4.42 Å². The van der Waals surface area contributed by atoms with Gasteiger partial charge in [0.05, 0.1) is 10.8 Å². The number of Topliss-reactive ketones (excluding diaryl/α,β-unsaturated/α-hetero) is 1. The lowest BCUT2D eigenvalue weighted by Crippen LogP contribution is -2.32. The van der Waals surface area contributed by atoms with Crippen molar-refractivity contribution in [2.75, 3.05) is 0 Å². The molecular formula is C34H46O4. The third kappa shape index (κ3) is 5.75. The van der Waals surface area contributed by atoms with Crippen LogP contribution in [0.3, 0.4) is 0 Å². The van der Waals surface area contributed by atoms with Gasteiger partial charge < -0.3 is 9.84 Å². The molecule has 1 aliphatic heterocycles. The van der Waals surface area contributed by atoms with Gasteiger partial charge in [0.1, 0.15) is 11.5 Å². The lowest BCUT2D eigenvalue weighted by molar-refractivity contribution is -0.300. The van der Waals surface area contributed by atoms with E-state index < -0.39 is 0 Å². The molecule has 1 aromatic heterocycles. The summed E-state index contributed by atoms with van der Waals surface area (Å²) in [5, 5.41) is 13.5. The number of hydrogen-bond donors (Lipinski definition) is 0. The van der Waals surface area contributed by atoms with Crippen LogP contribution in [0.4, 0.5) is 0 Å². The van der Waals surface area contributed by atoms with Gasteiger partial charge in [0.25, 0.3) is 0 Å². The molecule has 0 N–H and O–H groups in total. The third-order valence-electron chi connectivity index (χ3n) is 7.07. The van der Waals surface area contributed by atoms with E-state index in [1.807, 2.05) is 38.1 Å². The summed E-state index contributed by atoms with van der Waals surface area (Å²) in [6.45, 7) is 28.9. The van der Waals surface area contributed by atoms with Gasteiger partial charge in [-0.1, -0.05) is 47.3 Å². The van der Waals surface area contributed by atoms with Crippen LogP contribution in [0.1, 0.15) is 114 Å². The molecule has 4 heteroatoms. The zero-order valence-corrected chi connectivity index (χ0v) is 25.9. The van der Waals surface area contributed by atoms with E-state index in [0.29, 0.717) is 11.1 Å². The van der Waals surface area contributed by atoms with Crippen LogP contribution in [0, 0.1) is 10.8 Å². The van der Waals surface area contributed by atoms with Crippen molar-refractivity contribution in [2.24, 2.45) is 10.8 Å². The predicted molar refractivity (Wildman–Crippen MR) is 154 cm³/mol. The summed E-state index contributed by atoms with van der Waals surface area (Å²) >= 11 is 0. The van der Waals surface area contributed by atoms with Crippen LogP contribution in [0.2, 0.25) is 0 Å². The average Bonchev–Trinajstić information content (AvgIpc) is 2.76. The second-order valence-electron chi connectivity index (χ2n) is 14.8. The number of allylic oxidation sites excluding steroid dienone is 9. The van der Waals surface area contributed by atoms with Gasteiger partial charge in [-0.2, -0.15) is 0 Å². The van der Waals surface area contributed by atoms with Crippen molar-refractivity contribution in [3.05, 3.63) is 80.9 Å². The maximum Gasteiger partial charge on any atom is 0.335 e. The van der Waals surface area contributed by atoms with Crippen LogP contribution in [0.5, 0.6) is 0 Å². The fourth-order valence-electron chi connectivity index (χ4n) is 4.28. The van der Waals surface area contributed by atoms with Gasteiger partial charge in [0.2, 0.25) is 0 Å². The Balaban J connectivity index is 2.20. The number of carbonyl (C=O) groups excluding carboxylic acids is 1. The Labute approximate surface area is 229 Å². The zero-order valence-electron chi connectivity index (χ0n) is 25.9. The molecule has 1 aliphatic carbocycles. The number of ketones is 1. The van der Waals surface area contributed by atoms with Crippen molar-refractivity contribution in [3.63, 3.8) is 0 Å². The van der Waals surface area contributed by atoms with E-state index in [4.69, 9.17) is 9.15 Å². The molecule has 0 unspecified atom stereocenters. The van der Waals surface area contributed by atoms with Crippen LogP contribution < -0.4 is 5.11 Å². The first-order valence-electron chi connectivity index (χ1n) is 13.5. The van der Waals surface area contributed by atoms with Crippen molar-refractivity contribution < 1.29 is 19.1 Å². The van der Waals surface area contributed by atoms with Crippen LogP contribution in [0.15, 0.2) is 68.3 Å². The van der Waals surface area contributed by atoms with E-state index in [9.17, 15) is 9.90 Å². The molecule has 1 aromatic rings. The number of carbonyl (C=O) groups is 1. The summed E-state index contributed by atoms with van der Waals surface area (Å²) in [5.74, 6) is 2.89. The molecule has 206 valence electrons. The molecule has 0 saturated heterocycles. The van der Waals surface area contributed by atoms with Crippen molar-refractivity contribution in [3.8, 4) is 0 Å². The Hall–Kier alpha value is -2.88. The minimum absolute atomic E-state index is 0.198. The summed E-state index contributed by atoms with van der Waals surface area (Å²) in [6, 6.07) is 3.94. The van der Waals surface area contributed by atoms with E-state index in [2.05, 4.69) is 83.1 Å². The van der Waals surface area contributed by atoms with Gasteiger partial charge in [0, 0.05) is 34.1 Å². The average molecular weight is 519 g/mol. The molecule has 2 aliphatic rings. The topological polar surface area (TPSA) is 60.7 Å². The number of hydrogen-bond acceptors (Lipinski definition) is 3. The molecule has 0 radical (unpaired) electrons. The first-order valence-corrected chi connectivity index (χ1v) is 13.5. The quantitative estimate of drug-likeness (QED) is 0.292. The highest BCUT2D eigenvalue weighted by Crippen LogP contribution is 2.43. The molecule has 0 saturated carbocycles. The van der Waals surface area contributed by atoms with E-state index in [1.54, 1.807) is 0 Å². The lowest BCUT2D eigenvalue weighted by Gasteiger charge is -2.35. The van der Waals surface area contributed by atoms with Gasteiger partial charge in [0.15, 0.2) is 5.78 Å². The van der Waals surface area contributed by atoms with Crippen LogP contribution >= 0.6 is 0 Å². The Morgan fingerprint density at radius 1 is 0.711 bits per heavy atom. The van der Waals surface area contributed by atoms with Crippen LogP contribution in [-0.2, 0) is 20.4 Å². The van der Waals surface area contributed by atoms with E-state index in [1.165, 1.54) is 0 Å². The summed E-state index contributed by atoms with van der Waals surface area (Å²) in [4.78, 5) is 13.5. The predicted octanol–water partition coefficient (Wildman–Crippen LogP) is 8.33. The zero-order chi connectivity index (χ0) is 29.2. The summed E-state index contributed by atoms with van der Waals surface area (Å²) in [5.41, 5.74) is 2.74. The molecule has 0 spiro atoms. The minimum Gasteiger partial charge on any atom is -0.871 e. The van der Waals surface area contributed by atoms with Gasteiger partial charge in [-0.05, 0) is 89.8 Å². The first kappa shape index (κ1) is 29.7. The SMILES string of the molecule is CC(=C1C=C(C(C)(C)C)OC(C(C)(C)C)=C1)C1=C([O-])/C(=C(/C)c2cc(C(C)(C)C)[o+]c(C(C)(C)C)c2)C1=O. The second-order valence-corrected chi connectivity index (χ2v) is 14.8. The second kappa shape index (κ2) is 9.39. The van der Waals surface area contributed by atoms with Gasteiger partial charge in [-0.3, -0.25) is 4.79 Å². The molecule has 0 atom stereocenters. The maximum absolute atomic E-state index is 13.5. The molecule has 2 heterocycles. The van der Waals surface area contributed by atoms with Crippen molar-refractivity contribution in [1.29, 1.82) is 0 Å². The Morgan fingerprint density at radius 3 is 1.47 bits per heavy atom. The summed E-state index contributed by atoms with van der Waals surface area (Å²) < 4.78 is 12.5.